The number of aliphatic carboxylic acids is 1. The maximum absolute atomic E-state index is 13.4. The van der Waals surface area contributed by atoms with Gasteiger partial charge in [0, 0.05) is 7.05 Å². The van der Waals surface area contributed by atoms with E-state index >= 15 is 0 Å². The lowest BCUT2D eigenvalue weighted by molar-refractivity contribution is -0.143. The molecular formula is C12H22FNO3. The molecule has 1 unspecified atom stereocenters. The first-order valence-corrected chi connectivity index (χ1v) is 6.07. The van der Waals surface area contributed by atoms with Gasteiger partial charge >= 0.3 is 5.97 Å². The number of unbranched alkanes of at least 4 members (excludes halogenated alkanes) is 3. The minimum atomic E-state index is -1.16. The maximum Gasteiger partial charge on any atom is 0.323 e. The summed E-state index contributed by atoms with van der Waals surface area (Å²) in [6, 6.07) is 0. The number of carbonyl (C=O) groups excluding carboxylic acids is 1. The van der Waals surface area contributed by atoms with Crippen LogP contribution in [0.2, 0.25) is 0 Å². The fourth-order valence-electron chi connectivity index (χ4n) is 1.53. The van der Waals surface area contributed by atoms with Crippen LogP contribution < -0.4 is 0 Å². The van der Waals surface area contributed by atoms with Crippen molar-refractivity contribution in [2.24, 2.45) is 0 Å². The summed E-state index contributed by atoms with van der Waals surface area (Å²) in [6.07, 6.45) is 2.95. The number of nitrogens with zero attached hydrogens (tertiary/aromatic N) is 1. The van der Waals surface area contributed by atoms with E-state index in [-0.39, 0.29) is 13.0 Å². The first kappa shape index (κ1) is 15.9. The van der Waals surface area contributed by atoms with Crippen molar-refractivity contribution in [1.82, 2.24) is 4.90 Å². The lowest BCUT2D eigenvalue weighted by atomic mass is 10.1. The van der Waals surface area contributed by atoms with Gasteiger partial charge in [-0.25, -0.2) is 4.39 Å². The molecule has 0 spiro atoms. The smallest absolute Gasteiger partial charge is 0.323 e. The second-order valence-corrected chi connectivity index (χ2v) is 4.29. The van der Waals surface area contributed by atoms with Crippen LogP contribution in [0.1, 0.15) is 45.4 Å². The normalized spacial score (nSPS) is 12.2. The van der Waals surface area contributed by atoms with Crippen molar-refractivity contribution in [2.75, 3.05) is 13.6 Å². The third kappa shape index (κ3) is 8.65. The van der Waals surface area contributed by atoms with Gasteiger partial charge in [-0.1, -0.05) is 32.6 Å². The number of likely N-dealkylation sites (N-methyl/N-ethyl adjacent to an activating group) is 1. The fourth-order valence-corrected chi connectivity index (χ4v) is 1.53. The Labute approximate surface area is 102 Å². The molecule has 0 aromatic rings. The van der Waals surface area contributed by atoms with Crippen LogP contribution in [0.15, 0.2) is 0 Å². The number of amides is 1. The number of hydrogen-bond acceptors (Lipinski definition) is 2. The number of rotatable bonds is 9. The second-order valence-electron chi connectivity index (χ2n) is 4.29. The first-order chi connectivity index (χ1) is 7.97. The Morgan fingerprint density at radius 2 is 1.94 bits per heavy atom. The van der Waals surface area contributed by atoms with Crippen LogP contribution >= 0.6 is 0 Å². The van der Waals surface area contributed by atoms with Crippen LogP contribution in [0, 0.1) is 0 Å². The Morgan fingerprint density at radius 1 is 1.29 bits per heavy atom. The van der Waals surface area contributed by atoms with Crippen LogP contribution in [-0.2, 0) is 9.59 Å². The van der Waals surface area contributed by atoms with Crippen molar-refractivity contribution in [2.45, 2.75) is 51.6 Å². The van der Waals surface area contributed by atoms with Crippen LogP contribution in [0.5, 0.6) is 0 Å². The molecule has 0 aromatic carbocycles. The molecule has 0 fully saturated rings. The zero-order valence-electron chi connectivity index (χ0n) is 10.6. The molecule has 17 heavy (non-hydrogen) atoms. The van der Waals surface area contributed by atoms with E-state index < -0.39 is 18.0 Å². The number of carboxylic acids is 1. The minimum absolute atomic E-state index is 0.212. The van der Waals surface area contributed by atoms with Gasteiger partial charge in [-0.3, -0.25) is 9.59 Å². The Hall–Kier alpha value is -1.13. The molecule has 0 heterocycles. The monoisotopic (exact) mass is 247 g/mol. The average Bonchev–Trinajstić information content (AvgIpc) is 2.23. The fraction of sp³-hybridized carbons (Fsp3) is 0.833. The summed E-state index contributed by atoms with van der Waals surface area (Å²) in [7, 11) is 1.38. The topological polar surface area (TPSA) is 57.6 Å². The number of carbonyl (C=O) groups is 2. The van der Waals surface area contributed by atoms with E-state index in [1.54, 1.807) is 0 Å². The molecule has 0 saturated carbocycles. The summed E-state index contributed by atoms with van der Waals surface area (Å²) in [5, 5.41) is 8.48. The van der Waals surface area contributed by atoms with Gasteiger partial charge in [0.15, 0.2) is 0 Å². The maximum atomic E-state index is 13.4. The van der Waals surface area contributed by atoms with E-state index in [0.29, 0.717) is 6.42 Å². The molecule has 1 N–H and O–H groups in total. The highest BCUT2D eigenvalue weighted by atomic mass is 19.1. The standard InChI is InChI=1S/C12H22FNO3/c1-3-4-5-6-7-10(13)8-11(15)14(2)9-12(16)17/h10H,3-9H2,1-2H3,(H,16,17). The highest BCUT2D eigenvalue weighted by Crippen LogP contribution is 2.12. The molecule has 0 bridgehead atoms. The summed E-state index contributed by atoms with van der Waals surface area (Å²) in [5.74, 6) is -1.53. The van der Waals surface area contributed by atoms with Gasteiger partial charge in [-0.2, -0.15) is 0 Å². The minimum Gasteiger partial charge on any atom is -0.480 e. The van der Waals surface area contributed by atoms with E-state index in [9.17, 15) is 14.0 Å². The highest BCUT2D eigenvalue weighted by Gasteiger charge is 2.17. The summed E-state index contributed by atoms with van der Waals surface area (Å²) in [5.41, 5.74) is 0. The summed E-state index contributed by atoms with van der Waals surface area (Å²) in [4.78, 5) is 22.8. The van der Waals surface area contributed by atoms with Gasteiger partial charge in [0.05, 0.1) is 6.42 Å². The van der Waals surface area contributed by atoms with Crippen LogP contribution in [0.4, 0.5) is 4.39 Å². The third-order valence-corrected chi connectivity index (χ3v) is 2.57. The Bertz CT molecular complexity index is 246. The molecule has 5 heteroatoms. The molecule has 0 radical (unpaired) electrons. The number of alkyl halides is 1. The molecule has 4 nitrogen and oxygen atoms in total. The van der Waals surface area contributed by atoms with E-state index in [1.165, 1.54) is 7.05 Å². The second kappa shape index (κ2) is 8.96. The van der Waals surface area contributed by atoms with Crippen LogP contribution in [0.25, 0.3) is 0 Å². The van der Waals surface area contributed by atoms with Crippen molar-refractivity contribution >= 4 is 11.9 Å². The Balaban J connectivity index is 3.75. The van der Waals surface area contributed by atoms with E-state index in [2.05, 4.69) is 6.92 Å². The van der Waals surface area contributed by atoms with Gasteiger partial charge in [-0.05, 0) is 6.42 Å². The van der Waals surface area contributed by atoms with Gasteiger partial charge in [-0.15, -0.1) is 0 Å². The van der Waals surface area contributed by atoms with Gasteiger partial charge in [0.2, 0.25) is 5.91 Å². The zero-order chi connectivity index (χ0) is 13.3. The number of carboxylic acid groups (broad SMARTS) is 1. The molecule has 1 amide bonds. The van der Waals surface area contributed by atoms with Crippen LogP contribution in [0.3, 0.4) is 0 Å². The Morgan fingerprint density at radius 3 is 2.47 bits per heavy atom. The molecule has 0 aromatic heterocycles. The number of hydrogen-bond donors (Lipinski definition) is 1. The quantitative estimate of drug-likeness (QED) is 0.636. The lowest BCUT2D eigenvalue weighted by Gasteiger charge is -2.16. The van der Waals surface area contributed by atoms with E-state index in [0.717, 1.165) is 30.6 Å². The average molecular weight is 247 g/mol. The molecule has 0 aliphatic heterocycles. The zero-order valence-corrected chi connectivity index (χ0v) is 10.6. The van der Waals surface area contributed by atoms with E-state index in [4.69, 9.17) is 5.11 Å². The van der Waals surface area contributed by atoms with Crippen molar-refractivity contribution < 1.29 is 19.1 Å². The SMILES string of the molecule is CCCCCCC(F)CC(=O)N(C)CC(=O)O. The van der Waals surface area contributed by atoms with Gasteiger partial charge in [0.25, 0.3) is 0 Å². The molecule has 100 valence electrons. The summed E-state index contributed by atoms with van der Waals surface area (Å²) < 4.78 is 13.4. The molecule has 1 atom stereocenters. The van der Waals surface area contributed by atoms with Crippen molar-refractivity contribution in [3.63, 3.8) is 0 Å². The third-order valence-electron chi connectivity index (χ3n) is 2.57. The summed E-state index contributed by atoms with van der Waals surface area (Å²) >= 11 is 0. The molecule has 0 aliphatic carbocycles. The van der Waals surface area contributed by atoms with Gasteiger partial charge in [0.1, 0.15) is 12.7 Å². The summed E-state index contributed by atoms with van der Waals surface area (Å²) in [6.45, 7) is 1.71. The predicted octanol–water partition coefficient (Wildman–Crippen LogP) is 2.23. The predicted molar refractivity (Wildman–Crippen MR) is 63.5 cm³/mol. The van der Waals surface area contributed by atoms with Gasteiger partial charge < -0.3 is 10.0 Å². The van der Waals surface area contributed by atoms with Crippen molar-refractivity contribution in [3.05, 3.63) is 0 Å². The molecule has 0 aliphatic rings. The lowest BCUT2D eigenvalue weighted by Crippen LogP contribution is -2.33. The van der Waals surface area contributed by atoms with E-state index in [1.807, 2.05) is 0 Å². The highest BCUT2D eigenvalue weighted by molar-refractivity contribution is 5.81. The molecular weight excluding hydrogens is 225 g/mol. The first-order valence-electron chi connectivity index (χ1n) is 6.07. The van der Waals surface area contributed by atoms with Crippen molar-refractivity contribution in [3.8, 4) is 0 Å². The molecule has 0 rings (SSSR count). The molecule has 0 saturated heterocycles. The largest absolute Gasteiger partial charge is 0.480 e. The Kier molecular flexibility index (Phi) is 8.36. The van der Waals surface area contributed by atoms with Crippen LogP contribution in [-0.4, -0.2) is 41.6 Å². The van der Waals surface area contributed by atoms with Crippen molar-refractivity contribution in [1.29, 1.82) is 0 Å². The number of halogens is 1.